The second-order valence-corrected chi connectivity index (χ2v) is 3.70. The van der Waals surface area contributed by atoms with E-state index in [0.717, 1.165) is 16.9 Å². The maximum Gasteiger partial charge on any atom is 0.120 e. The van der Waals surface area contributed by atoms with Gasteiger partial charge in [0.2, 0.25) is 0 Å². The highest BCUT2D eigenvalue weighted by atomic mass is 16.3. The molecule has 84 valence electrons. The van der Waals surface area contributed by atoms with Gasteiger partial charge in [0, 0.05) is 18.8 Å². The van der Waals surface area contributed by atoms with Gasteiger partial charge in [-0.2, -0.15) is 0 Å². The normalized spacial score (nSPS) is 10.4. The Hall–Kier alpha value is -2.04. The minimum atomic E-state index is 0.299. The number of nitrogens with one attached hydrogen (secondary N) is 1. The molecule has 0 amide bonds. The molecule has 2 aromatic rings. The number of aromatic nitrogens is 3. The van der Waals surface area contributed by atoms with E-state index in [0.29, 0.717) is 12.3 Å². The lowest BCUT2D eigenvalue weighted by Gasteiger charge is -2.07. The predicted molar refractivity (Wildman–Crippen MR) is 61.2 cm³/mol. The Morgan fingerprint density at radius 3 is 2.88 bits per heavy atom. The van der Waals surface area contributed by atoms with Crippen LogP contribution in [0.15, 0.2) is 24.4 Å². The fourth-order valence-corrected chi connectivity index (χ4v) is 1.38. The van der Waals surface area contributed by atoms with E-state index >= 15 is 0 Å². The maximum atomic E-state index is 9.54. The lowest BCUT2D eigenvalue weighted by atomic mass is 10.2. The van der Waals surface area contributed by atoms with Gasteiger partial charge in [0.05, 0.1) is 18.4 Å². The lowest BCUT2D eigenvalue weighted by molar-refractivity contribution is 0.471. The smallest absolute Gasteiger partial charge is 0.120 e. The molecule has 16 heavy (non-hydrogen) atoms. The van der Waals surface area contributed by atoms with Crippen molar-refractivity contribution >= 4 is 5.69 Å². The summed E-state index contributed by atoms with van der Waals surface area (Å²) in [7, 11) is 1.84. The first-order valence-corrected chi connectivity index (χ1v) is 5.04. The van der Waals surface area contributed by atoms with Gasteiger partial charge >= 0.3 is 0 Å². The van der Waals surface area contributed by atoms with Gasteiger partial charge in [-0.15, -0.1) is 5.10 Å². The molecule has 2 N–H and O–H groups in total. The van der Waals surface area contributed by atoms with Crippen LogP contribution in [0.1, 0.15) is 11.3 Å². The molecule has 0 aliphatic carbocycles. The van der Waals surface area contributed by atoms with Crippen molar-refractivity contribution < 1.29 is 5.11 Å². The molecule has 0 aliphatic rings. The first-order valence-electron chi connectivity index (χ1n) is 5.04. The number of aryl methyl sites for hydroxylation is 2. The molecular formula is C11H14N4O. The summed E-state index contributed by atoms with van der Waals surface area (Å²) in [6.45, 7) is 2.50. The predicted octanol–water partition coefficient (Wildman–Crippen LogP) is 1.44. The first-order chi connectivity index (χ1) is 7.66. The Balaban J connectivity index is 2.05. The van der Waals surface area contributed by atoms with Crippen LogP contribution in [-0.2, 0) is 13.6 Å². The lowest BCUT2D eigenvalue weighted by Crippen LogP contribution is -2.05. The van der Waals surface area contributed by atoms with Crippen LogP contribution in [0, 0.1) is 6.92 Å². The zero-order chi connectivity index (χ0) is 11.5. The van der Waals surface area contributed by atoms with Crippen molar-refractivity contribution in [2.24, 2.45) is 7.05 Å². The van der Waals surface area contributed by atoms with Crippen LogP contribution >= 0.6 is 0 Å². The molecule has 0 radical (unpaired) electrons. The van der Waals surface area contributed by atoms with Crippen LogP contribution in [0.5, 0.6) is 5.75 Å². The number of rotatable bonds is 3. The van der Waals surface area contributed by atoms with Crippen LogP contribution in [0.25, 0.3) is 0 Å². The number of phenols is 1. The number of aromatic hydroxyl groups is 1. The van der Waals surface area contributed by atoms with Crippen LogP contribution < -0.4 is 5.32 Å². The topological polar surface area (TPSA) is 63.0 Å². The number of benzene rings is 1. The standard InChI is InChI=1S/C11H14N4O/c1-8-3-4-9(5-11(8)16)12-6-10-7-13-14-15(10)2/h3-5,7,12,16H,6H2,1-2H3. The second kappa shape index (κ2) is 4.22. The number of hydrogen-bond donors (Lipinski definition) is 2. The molecule has 0 saturated carbocycles. The molecule has 1 heterocycles. The van der Waals surface area contributed by atoms with Crippen molar-refractivity contribution in [2.75, 3.05) is 5.32 Å². The highest BCUT2D eigenvalue weighted by Crippen LogP contribution is 2.21. The zero-order valence-electron chi connectivity index (χ0n) is 9.31. The molecule has 5 heteroatoms. The minimum Gasteiger partial charge on any atom is -0.508 e. The van der Waals surface area contributed by atoms with Crippen molar-refractivity contribution in [3.05, 3.63) is 35.7 Å². The maximum absolute atomic E-state index is 9.54. The molecule has 0 unspecified atom stereocenters. The minimum absolute atomic E-state index is 0.299. The molecule has 0 bridgehead atoms. The van der Waals surface area contributed by atoms with E-state index in [9.17, 15) is 5.11 Å². The summed E-state index contributed by atoms with van der Waals surface area (Å²) in [5, 5.41) is 20.4. The Bertz CT molecular complexity index is 492. The molecule has 0 saturated heterocycles. The van der Waals surface area contributed by atoms with E-state index in [-0.39, 0.29) is 0 Å². The third-order valence-electron chi connectivity index (χ3n) is 2.49. The summed E-state index contributed by atoms with van der Waals surface area (Å²) in [5.41, 5.74) is 2.73. The third kappa shape index (κ3) is 2.13. The molecule has 0 spiro atoms. The zero-order valence-corrected chi connectivity index (χ0v) is 9.31. The molecule has 0 fully saturated rings. The van der Waals surface area contributed by atoms with E-state index in [1.165, 1.54) is 0 Å². The molecule has 1 aromatic carbocycles. The van der Waals surface area contributed by atoms with Crippen LogP contribution in [-0.4, -0.2) is 20.1 Å². The largest absolute Gasteiger partial charge is 0.508 e. The first kappa shape index (κ1) is 10.5. The second-order valence-electron chi connectivity index (χ2n) is 3.70. The van der Waals surface area contributed by atoms with E-state index in [1.54, 1.807) is 16.9 Å². The van der Waals surface area contributed by atoms with Crippen LogP contribution in [0.3, 0.4) is 0 Å². The summed E-state index contributed by atoms with van der Waals surface area (Å²) in [6, 6.07) is 5.51. The molecule has 0 atom stereocenters. The van der Waals surface area contributed by atoms with E-state index in [4.69, 9.17) is 0 Å². The number of phenolic OH excluding ortho intramolecular Hbond substituents is 1. The van der Waals surface area contributed by atoms with Gasteiger partial charge < -0.3 is 10.4 Å². The molecular weight excluding hydrogens is 204 g/mol. The van der Waals surface area contributed by atoms with Gasteiger partial charge in [-0.25, -0.2) is 0 Å². The Morgan fingerprint density at radius 1 is 1.44 bits per heavy atom. The van der Waals surface area contributed by atoms with Gasteiger partial charge in [0.1, 0.15) is 5.75 Å². The van der Waals surface area contributed by atoms with Gasteiger partial charge in [-0.3, -0.25) is 4.68 Å². The van der Waals surface area contributed by atoms with Crippen LogP contribution in [0.4, 0.5) is 5.69 Å². The monoisotopic (exact) mass is 218 g/mol. The van der Waals surface area contributed by atoms with E-state index in [2.05, 4.69) is 15.6 Å². The summed E-state index contributed by atoms with van der Waals surface area (Å²) in [6.07, 6.45) is 1.71. The van der Waals surface area contributed by atoms with Gasteiger partial charge in [-0.1, -0.05) is 11.3 Å². The van der Waals surface area contributed by atoms with Crippen molar-refractivity contribution in [1.29, 1.82) is 0 Å². The average Bonchev–Trinajstić information content (AvgIpc) is 2.66. The third-order valence-corrected chi connectivity index (χ3v) is 2.49. The molecule has 1 aromatic heterocycles. The van der Waals surface area contributed by atoms with E-state index in [1.807, 2.05) is 26.1 Å². The highest BCUT2D eigenvalue weighted by molar-refractivity contribution is 5.50. The van der Waals surface area contributed by atoms with Gasteiger partial charge in [-0.05, 0) is 18.6 Å². The Kier molecular flexibility index (Phi) is 2.76. The van der Waals surface area contributed by atoms with Crippen molar-refractivity contribution in [3.8, 4) is 5.75 Å². The molecule has 2 rings (SSSR count). The summed E-state index contributed by atoms with van der Waals surface area (Å²) in [4.78, 5) is 0. The highest BCUT2D eigenvalue weighted by Gasteiger charge is 2.01. The van der Waals surface area contributed by atoms with Crippen LogP contribution in [0.2, 0.25) is 0 Å². The van der Waals surface area contributed by atoms with Gasteiger partial charge in [0.25, 0.3) is 0 Å². The SMILES string of the molecule is Cc1ccc(NCc2cnnn2C)cc1O. The fourth-order valence-electron chi connectivity index (χ4n) is 1.38. The number of nitrogens with zero attached hydrogens (tertiary/aromatic N) is 3. The Morgan fingerprint density at radius 2 is 2.25 bits per heavy atom. The fraction of sp³-hybridized carbons (Fsp3) is 0.273. The van der Waals surface area contributed by atoms with Crippen molar-refractivity contribution in [3.63, 3.8) is 0 Å². The van der Waals surface area contributed by atoms with Crippen molar-refractivity contribution in [2.45, 2.75) is 13.5 Å². The summed E-state index contributed by atoms with van der Waals surface area (Å²) in [5.74, 6) is 0.299. The summed E-state index contributed by atoms with van der Waals surface area (Å²) >= 11 is 0. The average molecular weight is 218 g/mol. The number of hydrogen-bond acceptors (Lipinski definition) is 4. The molecule has 5 nitrogen and oxygen atoms in total. The van der Waals surface area contributed by atoms with E-state index < -0.39 is 0 Å². The molecule has 0 aliphatic heterocycles. The van der Waals surface area contributed by atoms with Gasteiger partial charge in [0.15, 0.2) is 0 Å². The quantitative estimate of drug-likeness (QED) is 0.818. The number of anilines is 1. The summed E-state index contributed by atoms with van der Waals surface area (Å²) < 4.78 is 1.71. The van der Waals surface area contributed by atoms with Crippen molar-refractivity contribution in [1.82, 2.24) is 15.0 Å². The Labute approximate surface area is 93.7 Å².